The van der Waals surface area contributed by atoms with Gasteiger partial charge in [-0.2, -0.15) is 0 Å². The van der Waals surface area contributed by atoms with Gasteiger partial charge < -0.3 is 14.4 Å². The van der Waals surface area contributed by atoms with Crippen LogP contribution in [0.1, 0.15) is 21.7 Å². The summed E-state index contributed by atoms with van der Waals surface area (Å²) < 4.78 is 15.2. The van der Waals surface area contributed by atoms with Gasteiger partial charge in [0.15, 0.2) is 0 Å². The quantitative estimate of drug-likeness (QED) is 0.702. The van der Waals surface area contributed by atoms with Crippen LogP contribution < -0.4 is 4.90 Å². The Labute approximate surface area is 163 Å². The third-order valence-corrected chi connectivity index (χ3v) is 5.15. The van der Waals surface area contributed by atoms with Crippen LogP contribution in [-0.4, -0.2) is 51.5 Å². The van der Waals surface area contributed by atoms with Crippen molar-refractivity contribution in [3.05, 3.63) is 71.6 Å². The van der Waals surface area contributed by atoms with E-state index in [4.69, 9.17) is 0 Å². The first kappa shape index (κ1) is 18.2. The Morgan fingerprint density at radius 2 is 1.64 bits per heavy atom. The number of rotatable bonds is 3. The van der Waals surface area contributed by atoms with Crippen molar-refractivity contribution >= 4 is 11.9 Å². The molecule has 1 amide bonds. The standard InChI is InChI=1S/C21H22FN5O/c1-15-14-19(16(2)27(15)18-6-4-17(22)5-7-18)20(28)25-10-12-26(13-11-25)21-23-8-3-9-24-21/h3-9,14H,10-13H2,1-2H3. The molecule has 2 aromatic heterocycles. The molecule has 0 bridgehead atoms. The number of hydrogen-bond donors (Lipinski definition) is 0. The maximum atomic E-state index is 13.3. The summed E-state index contributed by atoms with van der Waals surface area (Å²) >= 11 is 0. The van der Waals surface area contributed by atoms with Crippen LogP contribution in [0.2, 0.25) is 0 Å². The molecule has 7 heteroatoms. The van der Waals surface area contributed by atoms with Crippen LogP contribution in [0.3, 0.4) is 0 Å². The molecule has 0 N–H and O–H groups in total. The van der Waals surface area contributed by atoms with Gasteiger partial charge in [-0.3, -0.25) is 4.79 Å². The third kappa shape index (κ3) is 3.35. The normalized spacial score (nSPS) is 14.4. The summed E-state index contributed by atoms with van der Waals surface area (Å²) in [5, 5.41) is 0. The molecule has 1 aliphatic heterocycles. The van der Waals surface area contributed by atoms with Gasteiger partial charge in [-0.25, -0.2) is 14.4 Å². The van der Waals surface area contributed by atoms with E-state index >= 15 is 0 Å². The van der Waals surface area contributed by atoms with Gasteiger partial charge in [0, 0.05) is 55.6 Å². The summed E-state index contributed by atoms with van der Waals surface area (Å²) in [7, 11) is 0. The minimum absolute atomic E-state index is 0.0232. The van der Waals surface area contributed by atoms with Crippen molar-refractivity contribution in [1.82, 2.24) is 19.4 Å². The number of carbonyl (C=O) groups is 1. The number of anilines is 1. The van der Waals surface area contributed by atoms with Crippen molar-refractivity contribution in [3.63, 3.8) is 0 Å². The second-order valence-electron chi connectivity index (χ2n) is 6.92. The number of nitrogens with zero attached hydrogens (tertiary/aromatic N) is 5. The van der Waals surface area contributed by atoms with Gasteiger partial charge in [0.05, 0.1) is 5.56 Å². The van der Waals surface area contributed by atoms with Gasteiger partial charge >= 0.3 is 0 Å². The molecule has 4 rings (SSSR count). The molecule has 1 aliphatic rings. The summed E-state index contributed by atoms with van der Waals surface area (Å²) in [6.45, 7) is 6.53. The lowest BCUT2D eigenvalue weighted by atomic mass is 10.2. The van der Waals surface area contributed by atoms with Gasteiger partial charge in [-0.05, 0) is 50.2 Å². The van der Waals surface area contributed by atoms with E-state index in [9.17, 15) is 9.18 Å². The molecule has 0 spiro atoms. The number of amides is 1. The molecule has 0 aliphatic carbocycles. The molecule has 28 heavy (non-hydrogen) atoms. The molecule has 144 valence electrons. The van der Waals surface area contributed by atoms with Crippen LogP contribution in [0.5, 0.6) is 0 Å². The lowest BCUT2D eigenvalue weighted by Crippen LogP contribution is -2.49. The monoisotopic (exact) mass is 379 g/mol. The molecule has 6 nitrogen and oxygen atoms in total. The highest BCUT2D eigenvalue weighted by Crippen LogP contribution is 2.23. The fraction of sp³-hybridized carbons (Fsp3) is 0.286. The van der Waals surface area contributed by atoms with E-state index in [0.717, 1.165) is 17.1 Å². The number of benzene rings is 1. The summed E-state index contributed by atoms with van der Waals surface area (Å²) in [6, 6.07) is 10.0. The Morgan fingerprint density at radius 1 is 1.00 bits per heavy atom. The van der Waals surface area contributed by atoms with E-state index in [2.05, 4.69) is 14.9 Å². The Balaban J connectivity index is 1.52. The minimum atomic E-state index is -0.275. The maximum Gasteiger partial charge on any atom is 0.255 e. The van der Waals surface area contributed by atoms with Crippen LogP contribution in [0, 0.1) is 19.7 Å². The first-order valence-electron chi connectivity index (χ1n) is 9.31. The van der Waals surface area contributed by atoms with Crippen molar-refractivity contribution in [1.29, 1.82) is 0 Å². The zero-order chi connectivity index (χ0) is 19.7. The number of aryl methyl sites for hydroxylation is 1. The maximum absolute atomic E-state index is 13.3. The van der Waals surface area contributed by atoms with Gasteiger partial charge in [-0.15, -0.1) is 0 Å². The molecule has 3 aromatic rings. The first-order chi connectivity index (χ1) is 13.5. The largest absolute Gasteiger partial charge is 0.337 e. The van der Waals surface area contributed by atoms with Crippen LogP contribution in [0.4, 0.5) is 10.3 Å². The summed E-state index contributed by atoms with van der Waals surface area (Å²) in [6.07, 6.45) is 3.45. The molecule has 0 unspecified atom stereocenters. The molecular formula is C21H22FN5O. The molecule has 1 fully saturated rings. The average molecular weight is 379 g/mol. The molecular weight excluding hydrogens is 357 g/mol. The van der Waals surface area contributed by atoms with Crippen molar-refractivity contribution in [2.45, 2.75) is 13.8 Å². The predicted octanol–water partition coefficient (Wildman–Crippen LogP) is 2.99. The molecule has 1 aromatic carbocycles. The molecule has 0 saturated carbocycles. The number of halogens is 1. The van der Waals surface area contributed by atoms with Gasteiger partial charge in [0.1, 0.15) is 5.82 Å². The van der Waals surface area contributed by atoms with Crippen LogP contribution in [0.25, 0.3) is 5.69 Å². The summed E-state index contributed by atoms with van der Waals surface area (Å²) in [4.78, 5) is 25.6. The lowest BCUT2D eigenvalue weighted by molar-refractivity contribution is 0.0745. The fourth-order valence-electron chi connectivity index (χ4n) is 3.70. The smallest absolute Gasteiger partial charge is 0.255 e. The summed E-state index contributed by atoms with van der Waals surface area (Å²) in [5.41, 5.74) is 3.35. The Morgan fingerprint density at radius 3 is 2.29 bits per heavy atom. The lowest BCUT2D eigenvalue weighted by Gasteiger charge is -2.34. The molecule has 0 radical (unpaired) electrons. The fourth-order valence-corrected chi connectivity index (χ4v) is 3.70. The van der Waals surface area contributed by atoms with E-state index in [-0.39, 0.29) is 11.7 Å². The Hall–Kier alpha value is -3.22. The van der Waals surface area contributed by atoms with E-state index in [1.165, 1.54) is 12.1 Å². The van der Waals surface area contributed by atoms with Crippen molar-refractivity contribution in [3.8, 4) is 5.69 Å². The van der Waals surface area contributed by atoms with E-state index in [1.54, 1.807) is 30.6 Å². The van der Waals surface area contributed by atoms with Gasteiger partial charge in [0.2, 0.25) is 5.95 Å². The summed E-state index contributed by atoms with van der Waals surface area (Å²) in [5.74, 6) is 0.446. The van der Waals surface area contributed by atoms with Crippen LogP contribution >= 0.6 is 0 Å². The molecule has 3 heterocycles. The topological polar surface area (TPSA) is 54.3 Å². The van der Waals surface area contributed by atoms with E-state index in [1.807, 2.05) is 29.4 Å². The van der Waals surface area contributed by atoms with Crippen LogP contribution in [-0.2, 0) is 0 Å². The number of aromatic nitrogens is 3. The Kier molecular flexibility index (Phi) is 4.81. The second kappa shape index (κ2) is 7.42. The zero-order valence-corrected chi connectivity index (χ0v) is 16.0. The van der Waals surface area contributed by atoms with E-state index < -0.39 is 0 Å². The van der Waals surface area contributed by atoms with E-state index in [0.29, 0.717) is 37.7 Å². The van der Waals surface area contributed by atoms with Gasteiger partial charge in [-0.1, -0.05) is 0 Å². The zero-order valence-electron chi connectivity index (χ0n) is 16.0. The number of piperazine rings is 1. The third-order valence-electron chi connectivity index (χ3n) is 5.15. The van der Waals surface area contributed by atoms with Crippen LogP contribution in [0.15, 0.2) is 48.8 Å². The van der Waals surface area contributed by atoms with Gasteiger partial charge in [0.25, 0.3) is 5.91 Å². The molecule has 1 saturated heterocycles. The number of hydrogen-bond acceptors (Lipinski definition) is 4. The second-order valence-corrected chi connectivity index (χ2v) is 6.92. The SMILES string of the molecule is Cc1cc(C(=O)N2CCN(c3ncccn3)CC2)c(C)n1-c1ccc(F)cc1. The minimum Gasteiger partial charge on any atom is -0.337 e. The Bertz CT molecular complexity index is 976. The van der Waals surface area contributed by atoms with Crippen molar-refractivity contribution in [2.75, 3.05) is 31.1 Å². The predicted molar refractivity (Wildman–Crippen MR) is 105 cm³/mol. The number of carbonyl (C=O) groups excluding carboxylic acids is 1. The average Bonchev–Trinajstić information content (AvgIpc) is 3.03. The van der Waals surface area contributed by atoms with Crippen molar-refractivity contribution < 1.29 is 9.18 Å². The first-order valence-corrected chi connectivity index (χ1v) is 9.31. The molecule has 0 atom stereocenters. The van der Waals surface area contributed by atoms with Crippen molar-refractivity contribution in [2.24, 2.45) is 0 Å². The highest BCUT2D eigenvalue weighted by Gasteiger charge is 2.26. The highest BCUT2D eigenvalue weighted by atomic mass is 19.1. The highest BCUT2D eigenvalue weighted by molar-refractivity contribution is 5.96.